The molecule has 4 heteroatoms. The van der Waals surface area contributed by atoms with Gasteiger partial charge in [-0.25, -0.2) is 5.48 Å². The van der Waals surface area contributed by atoms with Crippen LogP contribution in [0.25, 0.3) is 23.3 Å². The van der Waals surface area contributed by atoms with Crippen LogP contribution in [0.2, 0.25) is 0 Å². The van der Waals surface area contributed by atoms with Crippen molar-refractivity contribution < 1.29 is 15.1 Å². The van der Waals surface area contributed by atoms with Crippen molar-refractivity contribution in [1.82, 2.24) is 5.48 Å². The summed E-state index contributed by atoms with van der Waals surface area (Å²) >= 11 is 0. The summed E-state index contributed by atoms with van der Waals surface area (Å²) in [6.45, 7) is 0. The fraction of sp³-hybridized carbons (Fsp3) is 0. The summed E-state index contributed by atoms with van der Waals surface area (Å²) in [6.07, 6.45) is 3.90. The Hall–Kier alpha value is -3.37. The molecular formula is C21H17NO3. The van der Waals surface area contributed by atoms with Crippen LogP contribution in [0, 0.1) is 0 Å². The molecule has 0 aliphatic carbocycles. The topological polar surface area (TPSA) is 69.6 Å². The van der Waals surface area contributed by atoms with Gasteiger partial charge in [0.15, 0.2) is 0 Å². The van der Waals surface area contributed by atoms with Crippen molar-refractivity contribution in [2.24, 2.45) is 0 Å². The zero-order valence-electron chi connectivity index (χ0n) is 13.4. The summed E-state index contributed by atoms with van der Waals surface area (Å²) in [4.78, 5) is 11.3. The zero-order chi connectivity index (χ0) is 17.6. The Morgan fingerprint density at radius 3 is 2.28 bits per heavy atom. The summed E-state index contributed by atoms with van der Waals surface area (Å²) in [7, 11) is 0. The number of carbonyl (C=O) groups excluding carboxylic acids is 1. The number of benzene rings is 3. The molecule has 3 aromatic carbocycles. The lowest BCUT2D eigenvalue weighted by atomic mass is 10.0. The van der Waals surface area contributed by atoms with Gasteiger partial charge in [-0.2, -0.15) is 0 Å². The highest BCUT2D eigenvalue weighted by atomic mass is 16.5. The van der Waals surface area contributed by atoms with Gasteiger partial charge in [-0.15, -0.1) is 0 Å². The van der Waals surface area contributed by atoms with Crippen molar-refractivity contribution in [2.75, 3.05) is 0 Å². The molecule has 3 rings (SSSR count). The van der Waals surface area contributed by atoms with Crippen molar-refractivity contribution in [3.63, 3.8) is 0 Å². The van der Waals surface area contributed by atoms with E-state index in [-0.39, 0.29) is 5.75 Å². The van der Waals surface area contributed by atoms with E-state index in [2.05, 4.69) is 0 Å². The van der Waals surface area contributed by atoms with Crippen LogP contribution in [0.3, 0.4) is 0 Å². The second kappa shape index (κ2) is 7.47. The highest BCUT2D eigenvalue weighted by Crippen LogP contribution is 2.29. The number of para-hydroxylation sites is 1. The molecule has 0 aromatic heterocycles. The number of rotatable bonds is 4. The van der Waals surface area contributed by atoms with E-state index in [9.17, 15) is 9.90 Å². The largest absolute Gasteiger partial charge is 0.507 e. The van der Waals surface area contributed by atoms with E-state index < -0.39 is 5.91 Å². The van der Waals surface area contributed by atoms with Crippen molar-refractivity contribution >= 4 is 18.1 Å². The second-order valence-electron chi connectivity index (χ2n) is 5.54. The monoisotopic (exact) mass is 331 g/mol. The Balaban J connectivity index is 1.81. The number of carbonyl (C=O) groups is 1. The normalized spacial score (nSPS) is 10.8. The van der Waals surface area contributed by atoms with E-state index in [0.717, 1.165) is 22.3 Å². The third-order valence-electron chi connectivity index (χ3n) is 3.84. The van der Waals surface area contributed by atoms with Crippen LogP contribution >= 0.6 is 0 Å². The Labute approximate surface area is 145 Å². The van der Waals surface area contributed by atoms with E-state index in [1.54, 1.807) is 41.9 Å². The molecule has 0 aliphatic heterocycles. The van der Waals surface area contributed by atoms with Gasteiger partial charge in [-0.1, -0.05) is 60.7 Å². The quantitative estimate of drug-likeness (QED) is 0.378. The van der Waals surface area contributed by atoms with E-state index in [0.29, 0.717) is 5.56 Å². The molecule has 0 heterocycles. The van der Waals surface area contributed by atoms with Gasteiger partial charge < -0.3 is 5.11 Å². The minimum Gasteiger partial charge on any atom is -0.507 e. The maximum atomic E-state index is 11.3. The highest BCUT2D eigenvalue weighted by Gasteiger charge is 2.04. The van der Waals surface area contributed by atoms with Gasteiger partial charge in [0.25, 0.3) is 5.91 Å². The Bertz CT molecular complexity index is 914. The van der Waals surface area contributed by atoms with E-state index in [1.807, 2.05) is 48.6 Å². The van der Waals surface area contributed by atoms with Gasteiger partial charge in [0.2, 0.25) is 0 Å². The van der Waals surface area contributed by atoms with Gasteiger partial charge in [0.1, 0.15) is 5.75 Å². The van der Waals surface area contributed by atoms with Gasteiger partial charge in [-0.3, -0.25) is 10.0 Å². The minimum absolute atomic E-state index is 0.251. The number of hydroxylamine groups is 1. The predicted molar refractivity (Wildman–Crippen MR) is 98.2 cm³/mol. The summed E-state index contributed by atoms with van der Waals surface area (Å²) in [5.74, 6) is -0.285. The first-order valence-corrected chi connectivity index (χ1v) is 7.78. The molecule has 3 N–H and O–H groups in total. The lowest BCUT2D eigenvalue weighted by Gasteiger charge is -2.05. The van der Waals surface area contributed by atoms with Gasteiger partial charge in [-0.05, 0) is 41.0 Å². The van der Waals surface area contributed by atoms with Gasteiger partial charge >= 0.3 is 0 Å². The third kappa shape index (κ3) is 3.94. The minimum atomic E-state index is -0.536. The number of phenolic OH excluding ortho intramolecular Hbond substituents is 1. The molecule has 0 atom stereocenters. The average molecular weight is 331 g/mol. The zero-order valence-corrected chi connectivity index (χ0v) is 13.4. The van der Waals surface area contributed by atoms with Crippen molar-refractivity contribution in [3.05, 3.63) is 89.5 Å². The number of phenols is 1. The Morgan fingerprint density at radius 1 is 0.840 bits per heavy atom. The number of hydrogen-bond acceptors (Lipinski definition) is 3. The average Bonchev–Trinajstić information content (AvgIpc) is 2.67. The smallest absolute Gasteiger partial charge is 0.274 e. The molecule has 1 amide bonds. The molecular weight excluding hydrogens is 314 g/mol. The van der Waals surface area contributed by atoms with Crippen molar-refractivity contribution in [3.8, 4) is 16.9 Å². The summed E-state index contributed by atoms with van der Waals surface area (Å²) in [6, 6.07) is 22.0. The second-order valence-corrected chi connectivity index (χ2v) is 5.54. The van der Waals surface area contributed by atoms with Crippen LogP contribution < -0.4 is 5.48 Å². The molecule has 4 nitrogen and oxygen atoms in total. The first kappa shape index (κ1) is 16.5. The van der Waals surface area contributed by atoms with Crippen LogP contribution in [0.5, 0.6) is 5.75 Å². The summed E-state index contributed by atoms with van der Waals surface area (Å²) < 4.78 is 0. The first-order valence-electron chi connectivity index (χ1n) is 7.78. The third-order valence-corrected chi connectivity index (χ3v) is 3.84. The standard InChI is InChI=1S/C21H17NO3/c23-20-7-2-1-6-19(20)18-5-3-4-16(14-18)9-8-15-10-12-17(13-11-15)21(24)22-25/h1-14,23,25H,(H,22,24)/b9-8+. The molecule has 0 fully saturated rings. The van der Waals surface area contributed by atoms with E-state index >= 15 is 0 Å². The summed E-state index contributed by atoms with van der Waals surface area (Å²) in [5.41, 5.74) is 5.66. The molecule has 0 radical (unpaired) electrons. The van der Waals surface area contributed by atoms with Crippen LogP contribution in [0.4, 0.5) is 0 Å². The first-order chi connectivity index (χ1) is 12.2. The lowest BCUT2D eigenvalue weighted by Crippen LogP contribution is -2.18. The van der Waals surface area contributed by atoms with Crippen molar-refractivity contribution in [2.45, 2.75) is 0 Å². The van der Waals surface area contributed by atoms with Crippen LogP contribution in [-0.2, 0) is 0 Å². The maximum absolute atomic E-state index is 11.3. The van der Waals surface area contributed by atoms with Crippen molar-refractivity contribution in [1.29, 1.82) is 0 Å². The van der Waals surface area contributed by atoms with E-state index in [1.165, 1.54) is 0 Å². The fourth-order valence-corrected chi connectivity index (χ4v) is 2.53. The molecule has 0 aliphatic rings. The van der Waals surface area contributed by atoms with Gasteiger partial charge in [0.05, 0.1) is 0 Å². The molecule has 25 heavy (non-hydrogen) atoms. The molecule has 124 valence electrons. The fourth-order valence-electron chi connectivity index (χ4n) is 2.53. The Kier molecular flexibility index (Phi) is 4.92. The molecule has 3 aromatic rings. The number of hydrogen-bond donors (Lipinski definition) is 3. The number of aromatic hydroxyl groups is 1. The molecule has 0 bridgehead atoms. The maximum Gasteiger partial charge on any atom is 0.274 e. The molecule has 0 unspecified atom stereocenters. The predicted octanol–water partition coefficient (Wildman–Crippen LogP) is 4.35. The summed E-state index contributed by atoms with van der Waals surface area (Å²) in [5, 5.41) is 18.6. The SMILES string of the molecule is O=C(NO)c1ccc(/C=C/c2cccc(-c3ccccc3O)c2)cc1. The van der Waals surface area contributed by atoms with Crippen LogP contribution in [0.15, 0.2) is 72.8 Å². The van der Waals surface area contributed by atoms with Crippen LogP contribution in [0.1, 0.15) is 21.5 Å². The number of nitrogens with one attached hydrogen (secondary N) is 1. The van der Waals surface area contributed by atoms with Crippen LogP contribution in [-0.4, -0.2) is 16.2 Å². The molecule has 0 saturated heterocycles. The Morgan fingerprint density at radius 2 is 1.56 bits per heavy atom. The highest BCUT2D eigenvalue weighted by molar-refractivity contribution is 5.93. The number of amides is 1. The van der Waals surface area contributed by atoms with Gasteiger partial charge in [0, 0.05) is 11.1 Å². The molecule has 0 spiro atoms. The van der Waals surface area contributed by atoms with E-state index in [4.69, 9.17) is 5.21 Å². The lowest BCUT2D eigenvalue weighted by molar-refractivity contribution is 0.0706. The molecule has 0 saturated carbocycles.